The first-order valence-electron chi connectivity index (χ1n) is 7.73. The quantitative estimate of drug-likeness (QED) is 0.442. The number of phenolic OH excluding ortho intramolecular Hbond substituents is 1. The molecule has 0 fully saturated rings. The zero-order chi connectivity index (χ0) is 16.4. The van der Waals surface area contributed by atoms with E-state index in [9.17, 15) is 5.11 Å². The second kappa shape index (κ2) is 7.73. The van der Waals surface area contributed by atoms with E-state index < -0.39 is 0 Å². The smallest absolute Gasteiger partial charge is 0.128 e. The standard InChI is InChI=1S/C21H15NOS.Zn/c23-18-14-8-7-13-17(18)21-22-19(15-9-3-1-4-10-15)20(24-21)16-11-5-2-6-12-16;/h1-14,23H;. The van der Waals surface area contributed by atoms with Crippen LogP contribution in [0.1, 0.15) is 0 Å². The predicted molar refractivity (Wildman–Crippen MR) is 100 cm³/mol. The number of para-hydroxylation sites is 1. The molecule has 0 aliphatic rings. The summed E-state index contributed by atoms with van der Waals surface area (Å²) in [5, 5.41) is 11.0. The number of hydrogen-bond acceptors (Lipinski definition) is 3. The van der Waals surface area contributed by atoms with E-state index in [1.54, 1.807) is 17.4 Å². The molecule has 0 aliphatic heterocycles. The maximum Gasteiger partial charge on any atom is 0.128 e. The molecule has 0 radical (unpaired) electrons. The molecule has 118 valence electrons. The van der Waals surface area contributed by atoms with Crippen molar-refractivity contribution in [2.75, 3.05) is 0 Å². The Balaban J connectivity index is 0.00000182. The van der Waals surface area contributed by atoms with Crippen LogP contribution in [-0.4, -0.2) is 10.1 Å². The summed E-state index contributed by atoms with van der Waals surface area (Å²) >= 11 is 1.60. The monoisotopic (exact) mass is 393 g/mol. The summed E-state index contributed by atoms with van der Waals surface area (Å²) in [5.41, 5.74) is 3.93. The van der Waals surface area contributed by atoms with E-state index in [1.165, 1.54) is 0 Å². The van der Waals surface area contributed by atoms with Gasteiger partial charge in [-0.15, -0.1) is 11.3 Å². The van der Waals surface area contributed by atoms with Crippen molar-refractivity contribution >= 4 is 11.3 Å². The molecule has 0 spiro atoms. The number of benzene rings is 3. The Hall–Kier alpha value is -2.29. The topological polar surface area (TPSA) is 33.1 Å². The van der Waals surface area contributed by atoms with Crippen LogP contribution in [0.25, 0.3) is 32.3 Å². The minimum atomic E-state index is 0. The van der Waals surface area contributed by atoms with Crippen molar-refractivity contribution < 1.29 is 24.6 Å². The van der Waals surface area contributed by atoms with Gasteiger partial charge >= 0.3 is 0 Å². The third kappa shape index (κ3) is 3.56. The van der Waals surface area contributed by atoms with Crippen molar-refractivity contribution in [1.29, 1.82) is 0 Å². The number of phenols is 1. The van der Waals surface area contributed by atoms with Crippen LogP contribution in [0.15, 0.2) is 84.9 Å². The zero-order valence-corrected chi connectivity index (χ0v) is 17.4. The van der Waals surface area contributed by atoms with Crippen molar-refractivity contribution in [3.05, 3.63) is 84.9 Å². The fraction of sp³-hybridized carbons (Fsp3) is 0. The predicted octanol–water partition coefficient (Wildman–Crippen LogP) is 5.85. The molecular formula is C21H15NOSZn. The summed E-state index contributed by atoms with van der Waals surface area (Å²) < 4.78 is 0. The Labute approximate surface area is 163 Å². The maximum absolute atomic E-state index is 10.2. The fourth-order valence-electron chi connectivity index (χ4n) is 2.67. The zero-order valence-electron chi connectivity index (χ0n) is 13.6. The average molecular weight is 395 g/mol. The van der Waals surface area contributed by atoms with Crippen LogP contribution in [0.3, 0.4) is 0 Å². The largest absolute Gasteiger partial charge is 0.507 e. The summed E-state index contributed by atoms with van der Waals surface area (Å²) in [6.07, 6.45) is 0. The number of thiazole rings is 1. The Kier molecular flexibility index (Phi) is 5.42. The van der Waals surface area contributed by atoms with Crippen LogP contribution in [0.5, 0.6) is 5.75 Å². The van der Waals surface area contributed by atoms with Gasteiger partial charge in [0.25, 0.3) is 0 Å². The van der Waals surface area contributed by atoms with Crippen molar-refractivity contribution in [2.45, 2.75) is 0 Å². The van der Waals surface area contributed by atoms with Gasteiger partial charge < -0.3 is 5.11 Å². The van der Waals surface area contributed by atoms with E-state index in [4.69, 9.17) is 4.98 Å². The Bertz CT molecular complexity index is 911. The number of hydrogen-bond donors (Lipinski definition) is 1. The van der Waals surface area contributed by atoms with E-state index in [0.717, 1.165) is 32.3 Å². The third-order valence-electron chi connectivity index (χ3n) is 3.84. The van der Waals surface area contributed by atoms with Gasteiger partial charge in [0.15, 0.2) is 0 Å². The van der Waals surface area contributed by atoms with Crippen molar-refractivity contribution in [3.63, 3.8) is 0 Å². The number of aromatic nitrogens is 1. The molecule has 0 saturated heterocycles. The van der Waals surface area contributed by atoms with E-state index in [1.807, 2.05) is 54.6 Å². The summed E-state index contributed by atoms with van der Waals surface area (Å²) in [6, 6.07) is 27.8. The van der Waals surface area contributed by atoms with E-state index in [-0.39, 0.29) is 25.2 Å². The number of rotatable bonds is 3. The van der Waals surface area contributed by atoms with E-state index in [2.05, 4.69) is 24.3 Å². The number of aromatic hydroxyl groups is 1. The molecule has 4 heteroatoms. The van der Waals surface area contributed by atoms with Crippen molar-refractivity contribution in [3.8, 4) is 38.0 Å². The molecule has 25 heavy (non-hydrogen) atoms. The first-order valence-corrected chi connectivity index (χ1v) is 8.54. The van der Waals surface area contributed by atoms with Gasteiger partial charge in [0.2, 0.25) is 0 Å². The normalized spacial score (nSPS) is 10.2. The fourth-order valence-corrected chi connectivity index (χ4v) is 3.79. The van der Waals surface area contributed by atoms with Crippen LogP contribution in [0.2, 0.25) is 0 Å². The molecule has 0 saturated carbocycles. The van der Waals surface area contributed by atoms with Gasteiger partial charge in [-0.25, -0.2) is 4.98 Å². The Morgan fingerprint density at radius 1 is 0.680 bits per heavy atom. The molecule has 3 aromatic carbocycles. The summed E-state index contributed by atoms with van der Waals surface area (Å²) in [7, 11) is 0. The molecule has 4 rings (SSSR count). The summed E-state index contributed by atoms with van der Waals surface area (Å²) in [4.78, 5) is 5.96. The van der Waals surface area contributed by atoms with Gasteiger partial charge in [-0.2, -0.15) is 0 Å². The van der Waals surface area contributed by atoms with Crippen LogP contribution in [0.4, 0.5) is 0 Å². The van der Waals surface area contributed by atoms with Crippen molar-refractivity contribution in [2.24, 2.45) is 0 Å². The second-order valence-corrected chi connectivity index (χ2v) is 6.45. The molecule has 0 amide bonds. The van der Waals surface area contributed by atoms with Gasteiger partial charge in [0.1, 0.15) is 10.8 Å². The molecule has 0 unspecified atom stereocenters. The molecule has 1 N–H and O–H groups in total. The minimum absolute atomic E-state index is 0. The molecular weight excluding hydrogens is 380 g/mol. The van der Waals surface area contributed by atoms with Crippen LogP contribution < -0.4 is 0 Å². The Morgan fingerprint density at radius 2 is 1.24 bits per heavy atom. The maximum atomic E-state index is 10.2. The van der Waals surface area contributed by atoms with Crippen LogP contribution >= 0.6 is 11.3 Å². The summed E-state index contributed by atoms with van der Waals surface area (Å²) in [6.45, 7) is 0. The molecule has 0 bridgehead atoms. The minimum Gasteiger partial charge on any atom is -0.507 e. The molecule has 0 atom stereocenters. The molecule has 2 nitrogen and oxygen atoms in total. The molecule has 1 aromatic heterocycles. The van der Waals surface area contributed by atoms with Gasteiger partial charge in [-0.3, -0.25) is 0 Å². The van der Waals surface area contributed by atoms with E-state index in [0.29, 0.717) is 0 Å². The first kappa shape index (κ1) is 17.5. The average Bonchev–Trinajstić information content (AvgIpc) is 3.09. The number of nitrogens with zero attached hydrogens (tertiary/aromatic N) is 1. The first-order chi connectivity index (χ1) is 11.8. The van der Waals surface area contributed by atoms with Gasteiger partial charge in [-0.1, -0.05) is 72.8 Å². The second-order valence-electron chi connectivity index (χ2n) is 5.45. The van der Waals surface area contributed by atoms with Crippen LogP contribution in [0, 0.1) is 0 Å². The van der Waals surface area contributed by atoms with Crippen molar-refractivity contribution in [1.82, 2.24) is 4.98 Å². The van der Waals surface area contributed by atoms with Crippen LogP contribution in [-0.2, 0) is 19.5 Å². The summed E-state index contributed by atoms with van der Waals surface area (Å²) in [5.74, 6) is 0.255. The Morgan fingerprint density at radius 3 is 1.88 bits per heavy atom. The van der Waals surface area contributed by atoms with E-state index >= 15 is 0 Å². The van der Waals surface area contributed by atoms with Gasteiger partial charge in [0.05, 0.1) is 16.1 Å². The van der Waals surface area contributed by atoms with Gasteiger partial charge in [0, 0.05) is 25.0 Å². The SMILES string of the molecule is Oc1ccccc1-c1nc(-c2ccccc2)c(-c2ccccc2)s1.[Zn]. The molecule has 1 heterocycles. The molecule has 4 aromatic rings. The third-order valence-corrected chi connectivity index (χ3v) is 4.98. The van der Waals surface area contributed by atoms with Gasteiger partial charge in [-0.05, 0) is 17.7 Å². The molecule has 0 aliphatic carbocycles.